The zero-order valence-corrected chi connectivity index (χ0v) is 14.5. The standard InChI is InChI=1S/C17H17NO6S/c1-3-24-17(25(22,23)15-10-4-12(2)5-11-15)16(19)13-6-8-14(9-7-13)18(20)21/h4-11,17H,3H2,1-2H3. The summed E-state index contributed by atoms with van der Waals surface area (Å²) in [6.07, 6.45) is 0. The maximum atomic E-state index is 12.8. The van der Waals surface area contributed by atoms with Crippen LogP contribution in [-0.4, -0.2) is 31.2 Å². The van der Waals surface area contributed by atoms with Gasteiger partial charge >= 0.3 is 0 Å². The van der Waals surface area contributed by atoms with E-state index in [2.05, 4.69) is 0 Å². The van der Waals surface area contributed by atoms with Gasteiger partial charge in [-0.15, -0.1) is 0 Å². The van der Waals surface area contributed by atoms with Crippen LogP contribution in [0, 0.1) is 17.0 Å². The van der Waals surface area contributed by atoms with Crippen LogP contribution in [0.25, 0.3) is 0 Å². The van der Waals surface area contributed by atoms with Crippen molar-refractivity contribution in [1.82, 2.24) is 0 Å². The van der Waals surface area contributed by atoms with Crippen molar-refractivity contribution in [2.45, 2.75) is 24.2 Å². The van der Waals surface area contributed by atoms with Crippen LogP contribution in [-0.2, 0) is 14.6 Å². The second-order valence-electron chi connectivity index (χ2n) is 5.31. The molecule has 0 spiro atoms. The number of Topliss-reactive ketones (excluding diaryl/α,β-unsaturated/α-hetero) is 1. The molecule has 0 saturated heterocycles. The fraction of sp³-hybridized carbons (Fsp3) is 0.235. The average Bonchev–Trinajstić information content (AvgIpc) is 2.59. The molecule has 0 aliphatic heterocycles. The molecule has 25 heavy (non-hydrogen) atoms. The number of nitro benzene ring substituents is 1. The zero-order valence-electron chi connectivity index (χ0n) is 13.7. The van der Waals surface area contributed by atoms with Crippen molar-refractivity contribution in [2.75, 3.05) is 6.61 Å². The largest absolute Gasteiger partial charge is 0.355 e. The first-order valence-electron chi connectivity index (χ1n) is 7.48. The number of non-ortho nitro benzene ring substituents is 1. The van der Waals surface area contributed by atoms with Crippen molar-refractivity contribution < 1.29 is 22.9 Å². The smallest absolute Gasteiger partial charge is 0.269 e. The van der Waals surface area contributed by atoms with E-state index in [0.29, 0.717) is 0 Å². The van der Waals surface area contributed by atoms with Crippen molar-refractivity contribution in [2.24, 2.45) is 0 Å². The maximum absolute atomic E-state index is 12.8. The molecule has 2 rings (SSSR count). The first-order valence-corrected chi connectivity index (χ1v) is 9.03. The number of nitrogens with zero attached hydrogens (tertiary/aromatic N) is 1. The van der Waals surface area contributed by atoms with E-state index in [1.165, 1.54) is 24.3 Å². The van der Waals surface area contributed by atoms with E-state index in [-0.39, 0.29) is 22.8 Å². The van der Waals surface area contributed by atoms with Crippen LogP contribution in [0.2, 0.25) is 0 Å². The van der Waals surface area contributed by atoms with E-state index in [9.17, 15) is 23.3 Å². The third kappa shape index (κ3) is 4.09. The molecule has 0 bridgehead atoms. The summed E-state index contributed by atoms with van der Waals surface area (Å²) in [4.78, 5) is 22.7. The van der Waals surface area contributed by atoms with Crippen LogP contribution in [0.15, 0.2) is 53.4 Å². The van der Waals surface area contributed by atoms with Gasteiger partial charge in [0.05, 0.1) is 9.82 Å². The van der Waals surface area contributed by atoms with E-state index in [0.717, 1.165) is 17.7 Å². The van der Waals surface area contributed by atoms with Gasteiger partial charge in [-0.25, -0.2) is 8.42 Å². The van der Waals surface area contributed by atoms with Crippen LogP contribution in [0.1, 0.15) is 22.8 Å². The predicted octanol–water partition coefficient (Wildman–Crippen LogP) is 2.92. The first-order chi connectivity index (χ1) is 11.8. The number of carbonyl (C=O) groups excluding carboxylic acids is 1. The minimum absolute atomic E-state index is 0.0215. The summed E-state index contributed by atoms with van der Waals surface area (Å²) in [5, 5.41) is 10.7. The van der Waals surface area contributed by atoms with Crippen molar-refractivity contribution in [1.29, 1.82) is 0 Å². The quantitative estimate of drug-likeness (QED) is 0.426. The highest BCUT2D eigenvalue weighted by molar-refractivity contribution is 7.92. The van der Waals surface area contributed by atoms with Gasteiger partial charge in [0, 0.05) is 24.3 Å². The number of ketones is 1. The summed E-state index contributed by atoms with van der Waals surface area (Å²) in [5.41, 5.74) is -0.985. The Kier molecular flexibility index (Phi) is 5.66. The molecule has 1 unspecified atom stereocenters. The molecular weight excluding hydrogens is 346 g/mol. The molecule has 0 N–H and O–H groups in total. The number of carbonyl (C=O) groups is 1. The Morgan fingerprint density at radius 1 is 1.12 bits per heavy atom. The molecular formula is C17H17NO6S. The Bertz CT molecular complexity index is 872. The fourth-order valence-corrected chi connectivity index (χ4v) is 3.69. The molecule has 0 saturated carbocycles. The maximum Gasteiger partial charge on any atom is 0.269 e. The Labute approximate surface area is 145 Å². The third-order valence-electron chi connectivity index (χ3n) is 3.53. The highest BCUT2D eigenvalue weighted by Crippen LogP contribution is 2.22. The van der Waals surface area contributed by atoms with E-state index < -0.39 is 26.0 Å². The van der Waals surface area contributed by atoms with Crippen molar-refractivity contribution in [3.05, 3.63) is 69.8 Å². The first kappa shape index (κ1) is 18.8. The number of nitro groups is 1. The minimum atomic E-state index is -4.06. The van der Waals surface area contributed by atoms with E-state index in [4.69, 9.17) is 4.74 Å². The zero-order chi connectivity index (χ0) is 18.6. The monoisotopic (exact) mass is 363 g/mol. The lowest BCUT2D eigenvalue weighted by Crippen LogP contribution is -2.33. The second-order valence-corrected chi connectivity index (χ2v) is 7.30. The van der Waals surface area contributed by atoms with Gasteiger partial charge in [0.1, 0.15) is 0 Å². The molecule has 0 amide bonds. The van der Waals surface area contributed by atoms with Gasteiger partial charge in [-0.2, -0.15) is 0 Å². The lowest BCUT2D eigenvalue weighted by atomic mass is 10.1. The molecule has 8 heteroatoms. The van der Waals surface area contributed by atoms with Crippen LogP contribution in [0.5, 0.6) is 0 Å². The van der Waals surface area contributed by atoms with Crippen molar-refractivity contribution in [3.63, 3.8) is 0 Å². The van der Waals surface area contributed by atoms with Gasteiger partial charge in [0.25, 0.3) is 5.69 Å². The van der Waals surface area contributed by atoms with Gasteiger partial charge in [0.2, 0.25) is 21.1 Å². The normalized spacial score (nSPS) is 12.6. The summed E-state index contributed by atoms with van der Waals surface area (Å²) >= 11 is 0. The topological polar surface area (TPSA) is 104 Å². The van der Waals surface area contributed by atoms with Gasteiger partial charge in [-0.1, -0.05) is 17.7 Å². The molecule has 0 aliphatic rings. The summed E-state index contributed by atoms with van der Waals surface area (Å²) in [6.45, 7) is 3.42. The number of rotatable bonds is 7. The number of aryl methyl sites for hydroxylation is 1. The highest BCUT2D eigenvalue weighted by Gasteiger charge is 2.35. The number of hydrogen-bond acceptors (Lipinski definition) is 6. The van der Waals surface area contributed by atoms with Gasteiger partial charge in [-0.05, 0) is 38.1 Å². The average molecular weight is 363 g/mol. The lowest BCUT2D eigenvalue weighted by molar-refractivity contribution is -0.384. The number of benzene rings is 2. The summed E-state index contributed by atoms with van der Waals surface area (Å²) in [7, 11) is -4.06. The van der Waals surface area contributed by atoms with Crippen LogP contribution in [0.3, 0.4) is 0 Å². The minimum Gasteiger partial charge on any atom is -0.355 e. The Balaban J connectivity index is 2.40. The molecule has 0 aliphatic carbocycles. The molecule has 7 nitrogen and oxygen atoms in total. The molecule has 1 atom stereocenters. The van der Waals surface area contributed by atoms with E-state index in [1.54, 1.807) is 19.1 Å². The SMILES string of the molecule is CCOC(C(=O)c1ccc([N+](=O)[O-])cc1)S(=O)(=O)c1ccc(C)cc1. The second kappa shape index (κ2) is 7.54. The summed E-state index contributed by atoms with van der Waals surface area (Å²) < 4.78 is 30.8. The van der Waals surface area contributed by atoms with Crippen molar-refractivity contribution >= 4 is 21.3 Å². The van der Waals surface area contributed by atoms with Crippen LogP contribution >= 0.6 is 0 Å². The summed E-state index contributed by atoms with van der Waals surface area (Å²) in [6, 6.07) is 10.8. The molecule has 132 valence electrons. The Morgan fingerprint density at radius 2 is 1.68 bits per heavy atom. The molecule has 0 heterocycles. The molecule has 2 aromatic rings. The van der Waals surface area contributed by atoms with Crippen LogP contribution in [0.4, 0.5) is 5.69 Å². The molecule has 0 radical (unpaired) electrons. The molecule has 0 aromatic heterocycles. The highest BCUT2D eigenvalue weighted by atomic mass is 32.2. The van der Waals surface area contributed by atoms with E-state index >= 15 is 0 Å². The predicted molar refractivity (Wildman–Crippen MR) is 91.2 cm³/mol. The third-order valence-corrected chi connectivity index (χ3v) is 5.37. The van der Waals surface area contributed by atoms with Gasteiger partial charge in [-0.3, -0.25) is 14.9 Å². The Morgan fingerprint density at radius 3 is 2.16 bits per heavy atom. The molecule has 2 aromatic carbocycles. The Hall–Kier alpha value is -2.58. The van der Waals surface area contributed by atoms with Gasteiger partial charge in [0.15, 0.2) is 0 Å². The number of hydrogen-bond donors (Lipinski definition) is 0. The van der Waals surface area contributed by atoms with Crippen LogP contribution < -0.4 is 0 Å². The fourth-order valence-electron chi connectivity index (χ4n) is 2.19. The lowest BCUT2D eigenvalue weighted by Gasteiger charge is -2.17. The summed E-state index contributed by atoms with van der Waals surface area (Å²) in [5.74, 6) is -0.766. The van der Waals surface area contributed by atoms with Gasteiger partial charge < -0.3 is 4.74 Å². The number of sulfone groups is 1. The number of ether oxygens (including phenoxy) is 1. The molecule has 0 fully saturated rings. The van der Waals surface area contributed by atoms with E-state index in [1.807, 2.05) is 6.92 Å². The van der Waals surface area contributed by atoms with Crippen molar-refractivity contribution in [3.8, 4) is 0 Å².